The molecule has 4 nitrogen and oxygen atoms in total. The Hall–Kier alpha value is -1.88. The van der Waals surface area contributed by atoms with Crippen molar-refractivity contribution in [2.24, 2.45) is 5.92 Å². The van der Waals surface area contributed by atoms with Gasteiger partial charge in [0.2, 0.25) is 0 Å². The Morgan fingerprint density at radius 1 is 0.960 bits per heavy atom. The summed E-state index contributed by atoms with van der Waals surface area (Å²) >= 11 is 0. The van der Waals surface area contributed by atoms with Crippen molar-refractivity contribution in [3.8, 4) is 5.75 Å². The van der Waals surface area contributed by atoms with Crippen LogP contribution in [-0.2, 0) is 27.4 Å². The van der Waals surface area contributed by atoms with Gasteiger partial charge < -0.3 is 18.9 Å². The molecule has 1 saturated carbocycles. The second-order valence-corrected chi connectivity index (χ2v) is 6.74. The zero-order valence-corrected chi connectivity index (χ0v) is 14.5. The van der Waals surface area contributed by atoms with Crippen LogP contribution in [0.1, 0.15) is 17.5 Å². The SMILES string of the molecule is COc1ccc(COC2CC3O[C@H]3C2COCc2ccccc2)cc1. The van der Waals surface area contributed by atoms with Gasteiger partial charge in [-0.1, -0.05) is 42.5 Å². The second-order valence-electron chi connectivity index (χ2n) is 6.74. The molecule has 2 aromatic rings. The largest absolute Gasteiger partial charge is 0.497 e. The first kappa shape index (κ1) is 16.6. The van der Waals surface area contributed by atoms with Gasteiger partial charge in [0.05, 0.1) is 45.2 Å². The fourth-order valence-corrected chi connectivity index (χ4v) is 3.54. The lowest BCUT2D eigenvalue weighted by Crippen LogP contribution is -2.28. The van der Waals surface area contributed by atoms with Gasteiger partial charge in [-0.15, -0.1) is 0 Å². The standard InChI is InChI=1S/C21H24O4/c1-22-17-9-7-16(8-10-17)13-24-19-11-20-21(25-20)18(19)14-23-12-15-5-3-2-4-6-15/h2-10,18-21H,11-14H2,1H3/t18?,19?,20?,21-/m0/s1. The third-order valence-electron chi connectivity index (χ3n) is 5.03. The molecule has 0 amide bonds. The Kier molecular flexibility index (Phi) is 5.02. The van der Waals surface area contributed by atoms with Gasteiger partial charge in [-0.2, -0.15) is 0 Å². The van der Waals surface area contributed by atoms with Crippen molar-refractivity contribution in [1.82, 2.24) is 0 Å². The summed E-state index contributed by atoms with van der Waals surface area (Å²) in [4.78, 5) is 0. The Balaban J connectivity index is 1.27. The lowest BCUT2D eigenvalue weighted by molar-refractivity contribution is -0.0450. The van der Waals surface area contributed by atoms with E-state index in [1.807, 2.05) is 42.5 Å². The van der Waals surface area contributed by atoms with Gasteiger partial charge in [0.1, 0.15) is 5.75 Å². The van der Waals surface area contributed by atoms with Crippen LogP contribution in [0.3, 0.4) is 0 Å². The van der Waals surface area contributed by atoms with Gasteiger partial charge in [-0.3, -0.25) is 0 Å². The van der Waals surface area contributed by atoms with Gasteiger partial charge >= 0.3 is 0 Å². The van der Waals surface area contributed by atoms with Gasteiger partial charge in [-0.25, -0.2) is 0 Å². The Bertz CT molecular complexity index is 670. The average Bonchev–Trinajstić information content (AvgIpc) is 3.35. The van der Waals surface area contributed by atoms with Gasteiger partial charge in [0.25, 0.3) is 0 Å². The van der Waals surface area contributed by atoms with Gasteiger partial charge in [0, 0.05) is 12.3 Å². The lowest BCUT2D eigenvalue weighted by atomic mass is 10.1. The highest BCUT2D eigenvalue weighted by Gasteiger charge is 2.56. The van der Waals surface area contributed by atoms with Crippen molar-refractivity contribution in [1.29, 1.82) is 0 Å². The maximum absolute atomic E-state index is 6.18. The first-order valence-electron chi connectivity index (χ1n) is 8.85. The maximum atomic E-state index is 6.18. The van der Waals surface area contributed by atoms with Crippen LogP contribution >= 0.6 is 0 Å². The number of hydrogen-bond acceptors (Lipinski definition) is 4. The van der Waals surface area contributed by atoms with E-state index in [0.29, 0.717) is 37.9 Å². The average molecular weight is 340 g/mol. The monoisotopic (exact) mass is 340 g/mol. The normalized spacial score (nSPS) is 27.1. The summed E-state index contributed by atoms with van der Waals surface area (Å²) in [7, 11) is 1.68. The van der Waals surface area contributed by atoms with Crippen molar-refractivity contribution in [2.75, 3.05) is 13.7 Å². The molecule has 0 spiro atoms. The molecule has 1 saturated heterocycles. The third-order valence-corrected chi connectivity index (χ3v) is 5.03. The van der Waals surface area contributed by atoms with E-state index < -0.39 is 0 Å². The van der Waals surface area contributed by atoms with Crippen LogP contribution in [-0.4, -0.2) is 32.0 Å². The summed E-state index contributed by atoms with van der Waals surface area (Å²) in [6.45, 7) is 1.94. The van der Waals surface area contributed by atoms with E-state index in [1.54, 1.807) is 7.11 Å². The highest BCUT2D eigenvalue weighted by Crippen LogP contribution is 2.45. The lowest BCUT2D eigenvalue weighted by Gasteiger charge is -2.22. The van der Waals surface area contributed by atoms with Crippen molar-refractivity contribution >= 4 is 0 Å². The topological polar surface area (TPSA) is 40.2 Å². The number of benzene rings is 2. The molecule has 3 unspecified atom stereocenters. The number of hydrogen-bond donors (Lipinski definition) is 0. The van der Waals surface area contributed by atoms with E-state index in [4.69, 9.17) is 18.9 Å². The molecule has 4 atom stereocenters. The van der Waals surface area contributed by atoms with E-state index in [2.05, 4.69) is 12.1 Å². The first-order chi connectivity index (χ1) is 12.3. The smallest absolute Gasteiger partial charge is 0.118 e. The summed E-state index contributed by atoms with van der Waals surface area (Å²) < 4.78 is 23.0. The molecule has 0 bridgehead atoms. The van der Waals surface area contributed by atoms with Crippen LogP contribution in [0, 0.1) is 5.92 Å². The molecule has 1 heterocycles. The molecular formula is C21H24O4. The first-order valence-corrected chi connectivity index (χ1v) is 8.85. The van der Waals surface area contributed by atoms with Crippen LogP contribution < -0.4 is 4.74 Å². The minimum Gasteiger partial charge on any atom is -0.497 e. The molecule has 4 rings (SSSR count). The highest BCUT2D eigenvalue weighted by molar-refractivity contribution is 5.26. The maximum Gasteiger partial charge on any atom is 0.118 e. The van der Waals surface area contributed by atoms with Gasteiger partial charge in [-0.05, 0) is 23.3 Å². The minimum atomic E-state index is 0.210. The van der Waals surface area contributed by atoms with E-state index in [9.17, 15) is 0 Å². The zero-order chi connectivity index (χ0) is 17.1. The van der Waals surface area contributed by atoms with Crippen molar-refractivity contribution < 1.29 is 18.9 Å². The molecular weight excluding hydrogens is 316 g/mol. The summed E-state index contributed by atoms with van der Waals surface area (Å²) in [6.07, 6.45) is 1.87. The molecule has 2 aromatic carbocycles. The van der Waals surface area contributed by atoms with Crippen LogP contribution in [0.25, 0.3) is 0 Å². The van der Waals surface area contributed by atoms with E-state index >= 15 is 0 Å². The molecule has 25 heavy (non-hydrogen) atoms. The second kappa shape index (κ2) is 7.56. The number of rotatable bonds is 8. The summed E-state index contributed by atoms with van der Waals surface area (Å²) in [5.74, 6) is 1.19. The van der Waals surface area contributed by atoms with Gasteiger partial charge in [0.15, 0.2) is 0 Å². The van der Waals surface area contributed by atoms with Crippen LogP contribution in [0.15, 0.2) is 54.6 Å². The Morgan fingerprint density at radius 3 is 2.48 bits per heavy atom. The van der Waals surface area contributed by atoms with Crippen molar-refractivity contribution in [2.45, 2.75) is 37.9 Å². The molecule has 1 aliphatic carbocycles. The minimum absolute atomic E-state index is 0.210. The molecule has 2 fully saturated rings. The summed E-state index contributed by atoms with van der Waals surface area (Å²) in [6, 6.07) is 18.3. The number of methoxy groups -OCH3 is 1. The molecule has 0 radical (unpaired) electrons. The molecule has 2 aliphatic rings. The molecule has 4 heteroatoms. The predicted octanol–water partition coefficient (Wildman–Crippen LogP) is 3.58. The van der Waals surface area contributed by atoms with Crippen molar-refractivity contribution in [3.05, 3.63) is 65.7 Å². The van der Waals surface area contributed by atoms with E-state index in [0.717, 1.165) is 17.7 Å². The molecule has 132 valence electrons. The fourth-order valence-electron chi connectivity index (χ4n) is 3.54. The molecule has 0 aromatic heterocycles. The molecule has 0 N–H and O–H groups in total. The number of fused-ring (bicyclic) bond motifs is 1. The predicted molar refractivity (Wildman–Crippen MR) is 94.4 cm³/mol. The number of epoxide rings is 1. The fraction of sp³-hybridized carbons (Fsp3) is 0.429. The zero-order valence-electron chi connectivity index (χ0n) is 14.5. The van der Waals surface area contributed by atoms with Crippen LogP contribution in [0.5, 0.6) is 5.75 Å². The Labute approximate surface area is 148 Å². The Morgan fingerprint density at radius 2 is 1.72 bits per heavy atom. The van der Waals surface area contributed by atoms with E-state index in [-0.39, 0.29) is 6.10 Å². The molecule has 1 aliphatic heterocycles. The van der Waals surface area contributed by atoms with Crippen LogP contribution in [0.2, 0.25) is 0 Å². The number of ether oxygens (including phenoxy) is 4. The van der Waals surface area contributed by atoms with Crippen molar-refractivity contribution in [3.63, 3.8) is 0 Å². The van der Waals surface area contributed by atoms with Crippen LogP contribution in [0.4, 0.5) is 0 Å². The third kappa shape index (κ3) is 4.03. The van der Waals surface area contributed by atoms with E-state index in [1.165, 1.54) is 5.56 Å². The quantitative estimate of drug-likeness (QED) is 0.689. The highest BCUT2D eigenvalue weighted by atomic mass is 16.6. The summed E-state index contributed by atoms with van der Waals surface area (Å²) in [5.41, 5.74) is 2.36. The summed E-state index contributed by atoms with van der Waals surface area (Å²) in [5, 5.41) is 0.